The third-order valence-corrected chi connectivity index (χ3v) is 9.89. The lowest BCUT2D eigenvalue weighted by molar-refractivity contribution is 0.0366. The number of aromatic nitrogens is 4. The van der Waals surface area contributed by atoms with Crippen LogP contribution in [0.1, 0.15) is 76.3 Å². The van der Waals surface area contributed by atoms with Crippen LogP contribution in [0.25, 0.3) is 44.5 Å². The van der Waals surface area contributed by atoms with Crippen LogP contribution in [-0.2, 0) is 16.7 Å². The van der Waals surface area contributed by atoms with E-state index >= 15 is 0 Å². The van der Waals surface area contributed by atoms with Crippen molar-refractivity contribution in [2.24, 2.45) is 0 Å². The van der Waals surface area contributed by atoms with Crippen LogP contribution in [0.15, 0.2) is 60.7 Å². The van der Waals surface area contributed by atoms with E-state index in [1.807, 2.05) is 32.9 Å². The van der Waals surface area contributed by atoms with Crippen LogP contribution in [0, 0.1) is 0 Å². The van der Waals surface area contributed by atoms with Gasteiger partial charge >= 0.3 is 12.2 Å². The maximum absolute atomic E-state index is 12.6. The van der Waals surface area contributed by atoms with Gasteiger partial charge in [-0.3, -0.25) is 4.90 Å². The molecular formula is C38H40N6O5. The second kappa shape index (κ2) is 11.7. The summed E-state index contributed by atoms with van der Waals surface area (Å²) in [4.78, 5) is 42.6. The molecule has 2 amide bonds. The van der Waals surface area contributed by atoms with E-state index in [9.17, 15) is 14.7 Å². The summed E-state index contributed by atoms with van der Waals surface area (Å²) in [6.07, 6.45) is 3.57. The van der Waals surface area contributed by atoms with Crippen LogP contribution in [-0.4, -0.2) is 60.9 Å². The summed E-state index contributed by atoms with van der Waals surface area (Å²) in [7, 11) is 0. The summed E-state index contributed by atoms with van der Waals surface area (Å²) in [6, 6.07) is 20.6. The van der Waals surface area contributed by atoms with Gasteiger partial charge in [-0.15, -0.1) is 0 Å². The summed E-state index contributed by atoms with van der Waals surface area (Å²) >= 11 is 0. The molecule has 49 heavy (non-hydrogen) atoms. The highest BCUT2D eigenvalue weighted by Crippen LogP contribution is 2.42. The summed E-state index contributed by atoms with van der Waals surface area (Å²) < 4.78 is 11.7. The van der Waals surface area contributed by atoms with Crippen molar-refractivity contribution >= 4 is 23.2 Å². The smallest absolute Gasteiger partial charge is 0.408 e. The van der Waals surface area contributed by atoms with Gasteiger partial charge in [-0.2, -0.15) is 0 Å². The number of hydrogen-bond donors (Lipinski definition) is 4. The average Bonchev–Trinajstić information content (AvgIpc) is 3.78. The first-order valence-electron chi connectivity index (χ1n) is 17.0. The zero-order valence-electron chi connectivity index (χ0n) is 27.9. The molecule has 8 rings (SSSR count). The van der Waals surface area contributed by atoms with Crippen LogP contribution >= 0.6 is 0 Å². The molecule has 2 aliphatic heterocycles. The lowest BCUT2D eigenvalue weighted by atomic mass is 9.76. The van der Waals surface area contributed by atoms with Gasteiger partial charge in [-0.1, -0.05) is 36.4 Å². The number of carboxylic acid groups (broad SMARTS) is 1. The monoisotopic (exact) mass is 660 g/mol. The summed E-state index contributed by atoms with van der Waals surface area (Å²) in [5, 5.41) is 12.7. The van der Waals surface area contributed by atoms with Gasteiger partial charge in [0, 0.05) is 24.2 Å². The zero-order valence-corrected chi connectivity index (χ0v) is 27.9. The minimum atomic E-state index is -0.907. The molecule has 1 atom stereocenters. The number of nitrogens with zero attached hydrogens (tertiary/aromatic N) is 3. The number of likely N-dealkylation sites (tertiary alicyclic amines) is 1. The minimum absolute atomic E-state index is 0.247. The van der Waals surface area contributed by atoms with E-state index in [-0.39, 0.29) is 6.04 Å². The number of fused-ring (bicyclic) bond motifs is 4. The van der Waals surface area contributed by atoms with Crippen molar-refractivity contribution in [2.45, 2.75) is 76.5 Å². The number of hydrogen-bond acceptors (Lipinski definition) is 6. The highest BCUT2D eigenvalue weighted by Gasteiger charge is 2.44. The van der Waals surface area contributed by atoms with E-state index in [0.717, 1.165) is 93.9 Å². The molecule has 0 radical (unpaired) electrons. The summed E-state index contributed by atoms with van der Waals surface area (Å²) in [5.41, 5.74) is 7.60. The third-order valence-electron chi connectivity index (χ3n) is 9.89. The van der Waals surface area contributed by atoms with Gasteiger partial charge in [0.2, 0.25) is 0 Å². The predicted molar refractivity (Wildman–Crippen MR) is 185 cm³/mol. The first kappa shape index (κ1) is 31.0. The molecular weight excluding hydrogens is 620 g/mol. The minimum Gasteiger partial charge on any atom is -0.492 e. The van der Waals surface area contributed by atoms with E-state index in [1.165, 1.54) is 4.90 Å². The summed E-state index contributed by atoms with van der Waals surface area (Å²) in [5.74, 6) is 2.24. The Balaban J connectivity index is 1.02. The molecule has 3 aromatic carbocycles. The normalized spacial score (nSPS) is 18.2. The highest BCUT2D eigenvalue weighted by atomic mass is 16.6. The van der Waals surface area contributed by atoms with E-state index in [2.05, 4.69) is 63.8 Å². The van der Waals surface area contributed by atoms with E-state index in [1.54, 1.807) is 0 Å². The number of nitrogens with one attached hydrogen (secondary N) is 3. The molecule has 11 nitrogen and oxygen atoms in total. The maximum atomic E-state index is 12.6. The molecule has 4 N–H and O–H groups in total. The van der Waals surface area contributed by atoms with Crippen molar-refractivity contribution in [1.82, 2.24) is 30.2 Å². The van der Waals surface area contributed by atoms with Gasteiger partial charge in [0.1, 0.15) is 28.5 Å². The SMILES string of the molecule is CC(C)(C)OC(=O)NC1(c2nc3cc(-c4ccc(-c5ccc6c(c5)OCCc5[nH]c(C7CCCN7C(=O)O)nc5-6)cc4)ccc3[nH]2)CCC1. The van der Waals surface area contributed by atoms with Crippen molar-refractivity contribution in [3.05, 3.63) is 78.0 Å². The lowest BCUT2D eigenvalue weighted by Gasteiger charge is -2.40. The standard InChI is InChI=1S/C38H40N6O5/c1-37(2,3)49-35(45)43-38(16-5-17-38)34-40-27-14-12-24(20-29(27)41-34)22-7-9-23(10-8-22)25-11-13-26-31(21-25)48-19-15-28-32(26)42-33(39-28)30-6-4-18-44(30)36(46)47/h7-14,20-21,30H,4-6,15-19H2,1-3H3,(H,39,42)(H,40,41)(H,43,45)(H,46,47). The number of carbonyl (C=O) groups is 2. The molecule has 252 valence electrons. The van der Waals surface area contributed by atoms with Crippen molar-refractivity contribution in [3.8, 4) is 39.3 Å². The molecule has 11 heteroatoms. The number of H-pyrrole nitrogens is 2. The lowest BCUT2D eigenvalue weighted by Crippen LogP contribution is -2.52. The molecule has 3 aliphatic rings. The van der Waals surface area contributed by atoms with E-state index < -0.39 is 23.3 Å². The van der Waals surface area contributed by atoms with Crippen molar-refractivity contribution in [2.75, 3.05) is 13.2 Å². The molecule has 5 aromatic rings. The molecule has 1 aliphatic carbocycles. The van der Waals surface area contributed by atoms with E-state index in [0.29, 0.717) is 25.4 Å². The Hall–Kier alpha value is -5.32. The first-order valence-corrected chi connectivity index (χ1v) is 17.0. The topological polar surface area (TPSA) is 145 Å². The number of alkyl carbamates (subject to hydrolysis) is 1. The van der Waals surface area contributed by atoms with Gasteiger partial charge in [-0.05, 0) is 99.4 Å². The number of benzene rings is 3. The molecule has 1 saturated heterocycles. The number of imidazole rings is 2. The largest absolute Gasteiger partial charge is 0.492 e. The fourth-order valence-electron chi connectivity index (χ4n) is 7.27. The quantitative estimate of drug-likeness (QED) is 0.150. The van der Waals surface area contributed by atoms with Crippen molar-refractivity contribution in [3.63, 3.8) is 0 Å². The highest BCUT2D eigenvalue weighted by molar-refractivity contribution is 5.83. The second-order valence-corrected chi connectivity index (χ2v) is 14.3. The Kier molecular flexibility index (Phi) is 7.38. The van der Waals surface area contributed by atoms with Gasteiger partial charge in [0.25, 0.3) is 0 Å². The molecule has 1 unspecified atom stereocenters. The Bertz CT molecular complexity index is 2070. The zero-order chi connectivity index (χ0) is 33.9. The maximum Gasteiger partial charge on any atom is 0.408 e. The van der Waals surface area contributed by atoms with Crippen LogP contribution in [0.2, 0.25) is 0 Å². The fourth-order valence-corrected chi connectivity index (χ4v) is 7.27. The van der Waals surface area contributed by atoms with Gasteiger partial charge in [0.05, 0.1) is 29.4 Å². The van der Waals surface area contributed by atoms with Gasteiger partial charge in [0.15, 0.2) is 0 Å². The van der Waals surface area contributed by atoms with Crippen molar-refractivity contribution < 1.29 is 24.2 Å². The Labute approximate surface area is 284 Å². The van der Waals surface area contributed by atoms with Crippen molar-refractivity contribution in [1.29, 1.82) is 0 Å². The van der Waals surface area contributed by atoms with Gasteiger partial charge in [-0.25, -0.2) is 19.6 Å². The molecule has 2 aromatic heterocycles. The Morgan fingerprint density at radius 3 is 2.37 bits per heavy atom. The molecule has 2 fully saturated rings. The average molecular weight is 661 g/mol. The second-order valence-electron chi connectivity index (χ2n) is 14.3. The van der Waals surface area contributed by atoms with Crippen LogP contribution in [0.3, 0.4) is 0 Å². The Morgan fingerprint density at radius 2 is 1.67 bits per heavy atom. The fraction of sp³-hybridized carbons (Fsp3) is 0.368. The Morgan fingerprint density at radius 1 is 0.959 bits per heavy atom. The summed E-state index contributed by atoms with van der Waals surface area (Å²) in [6.45, 7) is 6.62. The molecule has 0 spiro atoms. The molecule has 1 saturated carbocycles. The van der Waals surface area contributed by atoms with Crippen LogP contribution in [0.5, 0.6) is 5.75 Å². The number of rotatable bonds is 5. The third kappa shape index (κ3) is 5.77. The number of ether oxygens (including phenoxy) is 2. The number of aromatic amines is 2. The molecule has 0 bridgehead atoms. The predicted octanol–water partition coefficient (Wildman–Crippen LogP) is 7.94. The van der Waals surface area contributed by atoms with Gasteiger partial charge < -0.3 is 29.9 Å². The number of carbonyl (C=O) groups excluding carboxylic acids is 1. The number of amides is 2. The van der Waals surface area contributed by atoms with Crippen LogP contribution < -0.4 is 10.1 Å². The van der Waals surface area contributed by atoms with E-state index in [4.69, 9.17) is 19.4 Å². The van der Waals surface area contributed by atoms with Crippen LogP contribution in [0.4, 0.5) is 9.59 Å². The first-order chi connectivity index (χ1) is 23.5. The molecule has 4 heterocycles.